The van der Waals surface area contributed by atoms with Crippen LogP contribution >= 0.6 is 15.9 Å². The summed E-state index contributed by atoms with van der Waals surface area (Å²) in [6, 6.07) is 16.8. The van der Waals surface area contributed by atoms with Gasteiger partial charge in [-0.2, -0.15) is 0 Å². The van der Waals surface area contributed by atoms with Gasteiger partial charge in [-0.1, -0.05) is 28.1 Å². The van der Waals surface area contributed by atoms with Crippen molar-refractivity contribution >= 4 is 31.9 Å². The predicted molar refractivity (Wildman–Crippen MR) is 104 cm³/mol. The van der Waals surface area contributed by atoms with Gasteiger partial charge in [-0.25, -0.2) is 13.1 Å². The Morgan fingerprint density at radius 2 is 1.78 bits per heavy atom. The lowest BCUT2D eigenvalue weighted by molar-refractivity contribution is 0.0951. The minimum absolute atomic E-state index is 0.0597. The normalized spacial score (nSPS) is 11.3. The van der Waals surface area contributed by atoms with Crippen LogP contribution in [0.3, 0.4) is 0 Å². The van der Waals surface area contributed by atoms with Crippen molar-refractivity contribution in [3.8, 4) is 0 Å². The first-order chi connectivity index (χ1) is 12.9. The van der Waals surface area contributed by atoms with Crippen LogP contribution in [0.15, 0.2) is 80.7 Å². The summed E-state index contributed by atoms with van der Waals surface area (Å²) >= 11 is 3.38. The first-order valence-corrected chi connectivity index (χ1v) is 10.4. The standard InChI is InChI=1S/C19H17BrN2O4S/c20-16-4-1-3-14(11-16)12-21-19(23)15-6-8-18(9-7-15)27(24,25)22-13-17-5-2-10-26-17/h1-11,22H,12-13H2,(H,21,23). The summed E-state index contributed by atoms with van der Waals surface area (Å²) in [5.41, 5.74) is 1.34. The molecule has 0 aliphatic carbocycles. The average molecular weight is 449 g/mol. The maximum atomic E-state index is 12.3. The summed E-state index contributed by atoms with van der Waals surface area (Å²) < 4.78 is 33.1. The van der Waals surface area contributed by atoms with E-state index >= 15 is 0 Å². The molecule has 27 heavy (non-hydrogen) atoms. The van der Waals surface area contributed by atoms with Gasteiger partial charge in [0.1, 0.15) is 5.76 Å². The van der Waals surface area contributed by atoms with Gasteiger partial charge in [0.2, 0.25) is 10.0 Å². The Kier molecular flexibility index (Phi) is 6.10. The van der Waals surface area contributed by atoms with Gasteiger partial charge in [0, 0.05) is 16.6 Å². The highest BCUT2D eigenvalue weighted by molar-refractivity contribution is 9.10. The Morgan fingerprint density at radius 3 is 2.44 bits per heavy atom. The first-order valence-electron chi connectivity index (χ1n) is 8.09. The molecule has 2 aromatic carbocycles. The molecule has 6 nitrogen and oxygen atoms in total. The molecule has 0 atom stereocenters. The highest BCUT2D eigenvalue weighted by Crippen LogP contribution is 2.13. The SMILES string of the molecule is O=C(NCc1cccc(Br)c1)c1ccc(S(=O)(=O)NCc2ccco2)cc1. The van der Waals surface area contributed by atoms with Crippen molar-refractivity contribution in [1.29, 1.82) is 0 Å². The minimum Gasteiger partial charge on any atom is -0.468 e. The molecule has 3 aromatic rings. The van der Waals surface area contributed by atoms with E-state index in [4.69, 9.17) is 4.42 Å². The molecule has 0 aliphatic rings. The van der Waals surface area contributed by atoms with Crippen LogP contribution in [0.25, 0.3) is 0 Å². The predicted octanol–water partition coefficient (Wildman–Crippen LogP) is 3.45. The Hall–Kier alpha value is -2.42. The molecule has 8 heteroatoms. The summed E-state index contributed by atoms with van der Waals surface area (Å²) in [6.45, 7) is 0.438. The van der Waals surface area contributed by atoms with E-state index in [9.17, 15) is 13.2 Å². The number of benzene rings is 2. The van der Waals surface area contributed by atoms with Crippen molar-refractivity contribution in [3.63, 3.8) is 0 Å². The molecule has 140 valence electrons. The molecule has 0 unspecified atom stereocenters. The number of carbonyl (C=O) groups is 1. The highest BCUT2D eigenvalue weighted by atomic mass is 79.9. The number of carbonyl (C=O) groups excluding carboxylic acids is 1. The number of halogens is 1. The van der Waals surface area contributed by atoms with Crippen LogP contribution < -0.4 is 10.0 Å². The second kappa shape index (κ2) is 8.51. The van der Waals surface area contributed by atoms with E-state index in [1.54, 1.807) is 12.1 Å². The fourth-order valence-corrected chi connectivity index (χ4v) is 3.82. The van der Waals surface area contributed by atoms with E-state index in [-0.39, 0.29) is 17.3 Å². The zero-order valence-electron chi connectivity index (χ0n) is 14.2. The van der Waals surface area contributed by atoms with Crippen LogP contribution in [0.1, 0.15) is 21.7 Å². The van der Waals surface area contributed by atoms with E-state index in [0.717, 1.165) is 10.0 Å². The molecule has 1 heterocycles. The number of nitrogens with one attached hydrogen (secondary N) is 2. The van der Waals surface area contributed by atoms with Crippen molar-refractivity contribution in [1.82, 2.24) is 10.0 Å². The molecule has 1 amide bonds. The average Bonchev–Trinajstić information content (AvgIpc) is 3.18. The van der Waals surface area contributed by atoms with Gasteiger partial charge in [0.15, 0.2) is 0 Å². The molecule has 0 aliphatic heterocycles. The zero-order valence-corrected chi connectivity index (χ0v) is 16.6. The number of rotatable bonds is 7. The lowest BCUT2D eigenvalue weighted by Gasteiger charge is -2.08. The third-order valence-corrected chi connectivity index (χ3v) is 5.70. The van der Waals surface area contributed by atoms with Crippen molar-refractivity contribution in [3.05, 3.63) is 88.3 Å². The second-order valence-corrected chi connectivity index (χ2v) is 8.42. The van der Waals surface area contributed by atoms with E-state index < -0.39 is 10.0 Å². The maximum Gasteiger partial charge on any atom is 0.251 e. The lowest BCUT2D eigenvalue weighted by Crippen LogP contribution is -2.24. The molecular weight excluding hydrogens is 432 g/mol. The number of amides is 1. The summed E-state index contributed by atoms with van der Waals surface area (Å²) in [7, 11) is -3.69. The monoisotopic (exact) mass is 448 g/mol. The number of sulfonamides is 1. The van der Waals surface area contributed by atoms with E-state index in [1.807, 2.05) is 24.3 Å². The highest BCUT2D eigenvalue weighted by Gasteiger charge is 2.15. The third-order valence-electron chi connectivity index (χ3n) is 3.79. The fourth-order valence-electron chi connectivity index (χ4n) is 2.38. The Bertz CT molecular complexity index is 1020. The van der Waals surface area contributed by atoms with Gasteiger partial charge in [-0.15, -0.1) is 0 Å². The first kappa shape index (κ1) is 19.3. The topological polar surface area (TPSA) is 88.4 Å². The fraction of sp³-hybridized carbons (Fsp3) is 0.105. The van der Waals surface area contributed by atoms with Gasteiger partial charge >= 0.3 is 0 Å². The maximum absolute atomic E-state index is 12.3. The quantitative estimate of drug-likeness (QED) is 0.579. The van der Waals surface area contributed by atoms with E-state index in [1.165, 1.54) is 30.5 Å². The molecule has 0 fully saturated rings. The van der Waals surface area contributed by atoms with Gasteiger partial charge in [0.25, 0.3) is 5.91 Å². The summed E-state index contributed by atoms with van der Waals surface area (Å²) in [5, 5.41) is 2.81. The third kappa shape index (κ3) is 5.29. The molecule has 2 N–H and O–H groups in total. The smallest absolute Gasteiger partial charge is 0.251 e. The Balaban J connectivity index is 1.61. The van der Waals surface area contributed by atoms with Crippen molar-refractivity contribution in [2.45, 2.75) is 18.0 Å². The van der Waals surface area contributed by atoms with Gasteiger partial charge in [-0.3, -0.25) is 4.79 Å². The molecule has 0 saturated carbocycles. The Morgan fingerprint density at radius 1 is 1.00 bits per heavy atom. The van der Waals surface area contributed by atoms with Crippen LogP contribution in [-0.4, -0.2) is 14.3 Å². The largest absolute Gasteiger partial charge is 0.468 e. The van der Waals surface area contributed by atoms with Crippen molar-refractivity contribution < 1.29 is 17.6 Å². The van der Waals surface area contributed by atoms with Crippen LogP contribution in [0.2, 0.25) is 0 Å². The van der Waals surface area contributed by atoms with Crippen LogP contribution in [0.5, 0.6) is 0 Å². The number of hydrogen-bond donors (Lipinski definition) is 2. The van der Waals surface area contributed by atoms with Crippen LogP contribution in [0.4, 0.5) is 0 Å². The van der Waals surface area contributed by atoms with Gasteiger partial charge < -0.3 is 9.73 Å². The molecule has 0 spiro atoms. The molecular formula is C19H17BrN2O4S. The zero-order chi connectivity index (χ0) is 19.3. The molecule has 0 radical (unpaired) electrons. The number of furan rings is 1. The molecule has 1 aromatic heterocycles. The molecule has 0 bridgehead atoms. The lowest BCUT2D eigenvalue weighted by atomic mass is 10.2. The van der Waals surface area contributed by atoms with Crippen LogP contribution in [0, 0.1) is 0 Å². The van der Waals surface area contributed by atoms with E-state index in [2.05, 4.69) is 26.0 Å². The molecule has 3 rings (SSSR count). The Labute approximate surface area is 165 Å². The van der Waals surface area contributed by atoms with Gasteiger partial charge in [0.05, 0.1) is 17.7 Å². The van der Waals surface area contributed by atoms with Gasteiger partial charge in [-0.05, 0) is 54.1 Å². The second-order valence-electron chi connectivity index (χ2n) is 5.74. The van der Waals surface area contributed by atoms with Crippen molar-refractivity contribution in [2.75, 3.05) is 0 Å². The summed E-state index contributed by atoms with van der Waals surface area (Å²) in [5.74, 6) is 0.240. The van der Waals surface area contributed by atoms with Crippen LogP contribution in [-0.2, 0) is 23.1 Å². The summed E-state index contributed by atoms with van der Waals surface area (Å²) in [4.78, 5) is 12.3. The van der Waals surface area contributed by atoms with E-state index in [0.29, 0.717) is 17.9 Å². The molecule has 0 saturated heterocycles. The minimum atomic E-state index is -3.69. The van der Waals surface area contributed by atoms with Crippen molar-refractivity contribution in [2.24, 2.45) is 0 Å². The summed E-state index contributed by atoms with van der Waals surface area (Å²) in [6.07, 6.45) is 1.48. The number of hydrogen-bond acceptors (Lipinski definition) is 4.